The van der Waals surface area contributed by atoms with E-state index in [0.29, 0.717) is 53.5 Å². The minimum Gasteiger partial charge on any atom is -0.492 e. The number of carbonyl (C=O) groups is 2. The first kappa shape index (κ1) is 28.4. The number of hydrogen-bond donors (Lipinski definition) is 4. The quantitative estimate of drug-likeness (QED) is 0.396. The lowest BCUT2D eigenvalue weighted by atomic mass is 9.94. The predicted molar refractivity (Wildman–Crippen MR) is 144 cm³/mol. The summed E-state index contributed by atoms with van der Waals surface area (Å²) in [7, 11) is 5.47. The number of nitrogens with one attached hydrogen (secondary N) is 3. The third-order valence-corrected chi connectivity index (χ3v) is 5.53. The first-order chi connectivity index (χ1) is 17.4. The van der Waals surface area contributed by atoms with E-state index in [2.05, 4.69) is 10.6 Å². The number of fused-ring (bicyclic) bond motifs is 1. The molecule has 1 heterocycles. The molecule has 0 bridgehead atoms. The lowest BCUT2D eigenvalue weighted by molar-refractivity contribution is -0.121. The topological polar surface area (TPSA) is 130 Å². The number of ether oxygens (including phenoxy) is 2. The van der Waals surface area contributed by atoms with Gasteiger partial charge in [-0.1, -0.05) is 19.9 Å². The highest BCUT2D eigenvalue weighted by atomic mass is 16.5. The third-order valence-electron chi connectivity index (χ3n) is 5.53. The molecule has 1 aliphatic heterocycles. The monoisotopic (exact) mass is 495 g/mol. The lowest BCUT2D eigenvalue weighted by Crippen LogP contribution is -2.33. The van der Waals surface area contributed by atoms with E-state index >= 15 is 0 Å². The second-order valence-electron chi connectivity index (χ2n) is 8.23. The van der Waals surface area contributed by atoms with Crippen molar-refractivity contribution < 1.29 is 19.1 Å². The van der Waals surface area contributed by atoms with Crippen LogP contribution in [0, 0.1) is 11.3 Å². The van der Waals surface area contributed by atoms with E-state index in [1.54, 1.807) is 43.4 Å². The van der Waals surface area contributed by atoms with Gasteiger partial charge in [-0.3, -0.25) is 9.59 Å². The van der Waals surface area contributed by atoms with E-state index in [1.807, 2.05) is 32.8 Å². The number of nitrogens with zero attached hydrogens (tertiary/aromatic N) is 1. The van der Waals surface area contributed by atoms with E-state index < -0.39 is 5.92 Å². The molecular formula is C27H37N5O4. The van der Waals surface area contributed by atoms with Crippen LogP contribution in [0.1, 0.15) is 35.3 Å². The molecule has 5 N–H and O–H groups in total. The van der Waals surface area contributed by atoms with Crippen LogP contribution in [0.25, 0.3) is 5.57 Å². The fourth-order valence-electron chi connectivity index (χ4n) is 3.57. The van der Waals surface area contributed by atoms with Gasteiger partial charge in [0.05, 0.1) is 11.6 Å². The maximum Gasteiger partial charge on any atom is 0.251 e. The second-order valence-corrected chi connectivity index (χ2v) is 8.23. The first-order valence-corrected chi connectivity index (χ1v) is 12.0. The van der Waals surface area contributed by atoms with Gasteiger partial charge in [0.1, 0.15) is 24.7 Å². The summed E-state index contributed by atoms with van der Waals surface area (Å²) < 4.78 is 11.7. The summed E-state index contributed by atoms with van der Waals surface area (Å²) in [6, 6.07) is 10.5. The third kappa shape index (κ3) is 7.32. The number of hydrogen-bond acceptors (Lipinski definition) is 7. The standard InChI is InChI=1S/C25H31N5O4.C2H6/c1-28-24(31)17-5-7-22-18(10-17)11-19(15-34-22)25(32)29-21-6-4-16(20(13-26)14-27)12-23(21)33-9-8-30(2)3;1-2/h4-7,10,12-14,19,26H,8-9,11,15,27H2,1-3H3,(H,28,31)(H,29,32);1-2H3/b20-14+,26-13?;. The van der Waals surface area contributed by atoms with Crippen molar-refractivity contribution in [1.29, 1.82) is 5.41 Å². The molecule has 2 aromatic rings. The minimum absolute atomic E-state index is 0.190. The van der Waals surface area contributed by atoms with Crippen LogP contribution in [0.4, 0.5) is 5.69 Å². The second kappa shape index (κ2) is 13.9. The van der Waals surface area contributed by atoms with Crippen LogP contribution >= 0.6 is 0 Å². The number of allylic oxidation sites excluding steroid dienone is 1. The van der Waals surface area contributed by atoms with Crippen LogP contribution in [0.3, 0.4) is 0 Å². The number of benzene rings is 2. The minimum atomic E-state index is -0.428. The van der Waals surface area contributed by atoms with Gasteiger partial charge < -0.3 is 36.2 Å². The molecule has 9 heteroatoms. The maximum atomic E-state index is 13.1. The number of carbonyl (C=O) groups excluding carboxylic acids is 2. The van der Waals surface area contributed by atoms with E-state index in [9.17, 15) is 9.59 Å². The van der Waals surface area contributed by atoms with Gasteiger partial charge in [0.25, 0.3) is 5.91 Å². The molecule has 0 fully saturated rings. The molecule has 1 aliphatic rings. The number of rotatable bonds is 9. The molecule has 0 aromatic heterocycles. The summed E-state index contributed by atoms with van der Waals surface area (Å²) in [6.45, 7) is 5.36. The fraction of sp³-hybridized carbons (Fsp3) is 0.370. The van der Waals surface area contributed by atoms with Crippen LogP contribution in [-0.2, 0) is 11.2 Å². The molecule has 9 nitrogen and oxygen atoms in total. The smallest absolute Gasteiger partial charge is 0.251 e. The SMILES string of the molecule is CC.CNC(=O)c1ccc2c(c1)CC(C(=O)Nc1ccc(/C(C=N)=C/N)cc1OCCN(C)C)CO2. The van der Waals surface area contributed by atoms with Crippen molar-refractivity contribution in [2.45, 2.75) is 20.3 Å². The Labute approximate surface area is 213 Å². The highest BCUT2D eigenvalue weighted by molar-refractivity contribution is 6.08. The normalized spacial score (nSPS) is 14.5. The molecule has 36 heavy (non-hydrogen) atoms. The Kier molecular flexibility index (Phi) is 11.0. The van der Waals surface area contributed by atoms with Crippen molar-refractivity contribution in [3.8, 4) is 11.5 Å². The van der Waals surface area contributed by atoms with Gasteiger partial charge in [-0.25, -0.2) is 0 Å². The van der Waals surface area contributed by atoms with Crippen LogP contribution in [-0.4, -0.2) is 63.8 Å². The zero-order chi connectivity index (χ0) is 26.7. The van der Waals surface area contributed by atoms with Gasteiger partial charge in [0, 0.05) is 37.1 Å². The van der Waals surface area contributed by atoms with Crippen molar-refractivity contribution >= 4 is 29.3 Å². The summed E-state index contributed by atoms with van der Waals surface area (Å²) >= 11 is 0. The van der Waals surface area contributed by atoms with Gasteiger partial charge in [-0.05, 0) is 62.0 Å². The molecule has 1 unspecified atom stereocenters. The number of amides is 2. The van der Waals surface area contributed by atoms with E-state index in [-0.39, 0.29) is 18.4 Å². The average Bonchev–Trinajstić information content (AvgIpc) is 2.90. The number of nitrogens with two attached hydrogens (primary N) is 1. The van der Waals surface area contributed by atoms with Crippen molar-refractivity contribution in [1.82, 2.24) is 10.2 Å². The number of likely N-dealkylation sites (N-methyl/N-ethyl adjacent to an activating group) is 1. The molecular weight excluding hydrogens is 458 g/mol. The highest BCUT2D eigenvalue weighted by Gasteiger charge is 2.27. The summed E-state index contributed by atoms with van der Waals surface area (Å²) in [5, 5.41) is 13.1. The summed E-state index contributed by atoms with van der Waals surface area (Å²) in [4.78, 5) is 27.1. The predicted octanol–water partition coefficient (Wildman–Crippen LogP) is 3.15. The molecule has 0 aliphatic carbocycles. The molecule has 2 aromatic carbocycles. The molecule has 0 radical (unpaired) electrons. The Balaban J connectivity index is 0.00000222. The molecule has 3 rings (SSSR count). The Morgan fingerprint density at radius 3 is 2.56 bits per heavy atom. The van der Waals surface area contributed by atoms with Crippen molar-refractivity contribution in [2.75, 3.05) is 46.2 Å². The van der Waals surface area contributed by atoms with Gasteiger partial charge in [0.2, 0.25) is 5.91 Å². The van der Waals surface area contributed by atoms with Crippen LogP contribution in [0.15, 0.2) is 42.6 Å². The Hall–Kier alpha value is -3.85. The van der Waals surface area contributed by atoms with Gasteiger partial charge in [0.15, 0.2) is 0 Å². The Morgan fingerprint density at radius 1 is 1.19 bits per heavy atom. The van der Waals surface area contributed by atoms with Gasteiger partial charge in [-0.2, -0.15) is 0 Å². The zero-order valence-corrected chi connectivity index (χ0v) is 21.7. The summed E-state index contributed by atoms with van der Waals surface area (Å²) in [5.74, 6) is 0.352. The Morgan fingerprint density at radius 2 is 1.92 bits per heavy atom. The molecule has 2 amide bonds. The molecule has 0 spiro atoms. The molecule has 0 saturated carbocycles. The maximum absolute atomic E-state index is 13.1. The zero-order valence-electron chi connectivity index (χ0n) is 21.7. The van der Waals surface area contributed by atoms with Crippen LogP contribution in [0.2, 0.25) is 0 Å². The largest absolute Gasteiger partial charge is 0.492 e. The molecule has 0 saturated heterocycles. The molecule has 1 atom stereocenters. The van der Waals surface area contributed by atoms with Crippen molar-refractivity contribution in [3.05, 3.63) is 59.3 Å². The lowest BCUT2D eigenvalue weighted by Gasteiger charge is -2.25. The van der Waals surface area contributed by atoms with Crippen LogP contribution in [0.5, 0.6) is 11.5 Å². The summed E-state index contributed by atoms with van der Waals surface area (Å²) in [6.07, 6.45) is 2.98. The average molecular weight is 496 g/mol. The van der Waals surface area contributed by atoms with Crippen molar-refractivity contribution in [3.63, 3.8) is 0 Å². The van der Waals surface area contributed by atoms with Crippen molar-refractivity contribution in [2.24, 2.45) is 11.7 Å². The van der Waals surface area contributed by atoms with E-state index in [4.69, 9.17) is 20.6 Å². The number of anilines is 1. The summed E-state index contributed by atoms with van der Waals surface area (Å²) in [5.41, 5.74) is 8.75. The van der Waals surface area contributed by atoms with Gasteiger partial charge in [-0.15, -0.1) is 0 Å². The fourth-order valence-corrected chi connectivity index (χ4v) is 3.57. The van der Waals surface area contributed by atoms with E-state index in [0.717, 1.165) is 5.56 Å². The van der Waals surface area contributed by atoms with Crippen LogP contribution < -0.4 is 25.8 Å². The van der Waals surface area contributed by atoms with E-state index in [1.165, 1.54) is 12.4 Å². The van der Waals surface area contributed by atoms with Gasteiger partial charge >= 0.3 is 0 Å². The highest BCUT2D eigenvalue weighted by Crippen LogP contribution is 2.32. The first-order valence-electron chi connectivity index (χ1n) is 12.0. The molecule has 194 valence electrons. The Bertz CT molecular complexity index is 1100.